The molecule has 3 aromatic rings. The van der Waals surface area contributed by atoms with Crippen molar-refractivity contribution < 1.29 is 9.53 Å². The van der Waals surface area contributed by atoms with Crippen molar-refractivity contribution in [2.24, 2.45) is 5.92 Å². The summed E-state index contributed by atoms with van der Waals surface area (Å²) < 4.78 is 8.39. The van der Waals surface area contributed by atoms with Crippen LogP contribution in [0.3, 0.4) is 0 Å². The third kappa shape index (κ3) is 2.50. The molecule has 0 bridgehead atoms. The summed E-state index contributed by atoms with van der Waals surface area (Å²) in [5.41, 5.74) is 1.78. The number of aromatic nitrogens is 3. The minimum absolute atomic E-state index is 0.0695. The predicted octanol–water partition coefficient (Wildman–Crippen LogP) is 2.48. The topological polar surface area (TPSA) is 65.6 Å². The Balaban J connectivity index is 2.40. The molecule has 6 nitrogen and oxygen atoms in total. The van der Waals surface area contributed by atoms with Gasteiger partial charge in [0.2, 0.25) is 0 Å². The molecule has 3 rings (SSSR count). The van der Waals surface area contributed by atoms with E-state index in [1.807, 2.05) is 38.1 Å². The number of fused-ring (bicyclic) bond motifs is 3. The molecular formula is C17H19N3O3. The van der Waals surface area contributed by atoms with E-state index in [1.54, 1.807) is 15.9 Å². The lowest BCUT2D eigenvalue weighted by Gasteiger charge is -2.14. The first kappa shape index (κ1) is 15.3. The first-order valence-electron chi connectivity index (χ1n) is 7.70. The first-order chi connectivity index (χ1) is 11.0. The van der Waals surface area contributed by atoms with E-state index in [2.05, 4.69) is 4.98 Å². The van der Waals surface area contributed by atoms with Gasteiger partial charge in [-0.1, -0.05) is 26.0 Å². The monoisotopic (exact) mass is 313 g/mol. The third-order valence-electron chi connectivity index (χ3n) is 3.66. The Morgan fingerprint density at radius 1 is 1.26 bits per heavy atom. The van der Waals surface area contributed by atoms with Crippen molar-refractivity contribution >= 4 is 22.5 Å². The molecule has 120 valence electrons. The van der Waals surface area contributed by atoms with Crippen LogP contribution in [-0.2, 0) is 11.3 Å². The highest BCUT2D eigenvalue weighted by molar-refractivity contribution is 5.96. The Bertz CT molecular complexity index is 937. The smallest absolute Gasteiger partial charge is 0.359 e. The Hall–Kier alpha value is -2.63. The summed E-state index contributed by atoms with van der Waals surface area (Å²) in [6.07, 6.45) is 1.50. The SMILES string of the molecule is CCOC(=O)c1ncn2c1c(=O)n(CC(C)C)c1ccccc12. The van der Waals surface area contributed by atoms with Gasteiger partial charge in [0.05, 0.1) is 17.6 Å². The molecule has 0 saturated carbocycles. The summed E-state index contributed by atoms with van der Waals surface area (Å²) in [5.74, 6) is -0.272. The van der Waals surface area contributed by atoms with Gasteiger partial charge in [-0.3, -0.25) is 9.20 Å². The number of hydrogen-bond donors (Lipinski definition) is 0. The van der Waals surface area contributed by atoms with E-state index in [9.17, 15) is 9.59 Å². The highest BCUT2D eigenvalue weighted by Crippen LogP contribution is 2.18. The van der Waals surface area contributed by atoms with Crippen LogP contribution >= 0.6 is 0 Å². The number of para-hydroxylation sites is 2. The van der Waals surface area contributed by atoms with Gasteiger partial charge in [0.25, 0.3) is 5.56 Å². The zero-order chi connectivity index (χ0) is 16.6. The van der Waals surface area contributed by atoms with Crippen molar-refractivity contribution in [3.8, 4) is 0 Å². The normalized spacial score (nSPS) is 11.5. The number of nitrogens with zero attached hydrogens (tertiary/aromatic N) is 3. The van der Waals surface area contributed by atoms with Crippen LogP contribution in [-0.4, -0.2) is 26.5 Å². The standard InChI is InChI=1S/C17H19N3O3/c1-4-23-17(22)14-15-16(21)19(9-11(2)3)12-7-5-6-8-13(12)20(15)10-18-14/h5-8,10-11H,4,9H2,1-3H3. The molecule has 0 aliphatic carbocycles. The second-order valence-corrected chi connectivity index (χ2v) is 5.83. The first-order valence-corrected chi connectivity index (χ1v) is 7.70. The van der Waals surface area contributed by atoms with Gasteiger partial charge < -0.3 is 9.30 Å². The van der Waals surface area contributed by atoms with Gasteiger partial charge in [0, 0.05) is 6.54 Å². The van der Waals surface area contributed by atoms with Crippen LogP contribution in [0.5, 0.6) is 0 Å². The summed E-state index contributed by atoms with van der Waals surface area (Å²) in [7, 11) is 0. The van der Waals surface area contributed by atoms with E-state index in [0.29, 0.717) is 12.5 Å². The zero-order valence-electron chi connectivity index (χ0n) is 13.4. The fraction of sp³-hybridized carbons (Fsp3) is 0.353. The summed E-state index contributed by atoms with van der Waals surface area (Å²) >= 11 is 0. The second kappa shape index (κ2) is 5.87. The van der Waals surface area contributed by atoms with Crippen molar-refractivity contribution in [3.63, 3.8) is 0 Å². The Morgan fingerprint density at radius 2 is 1.96 bits per heavy atom. The molecule has 0 atom stereocenters. The lowest BCUT2D eigenvalue weighted by Crippen LogP contribution is -2.26. The highest BCUT2D eigenvalue weighted by atomic mass is 16.5. The molecule has 23 heavy (non-hydrogen) atoms. The van der Waals surface area contributed by atoms with Crippen LogP contribution < -0.4 is 5.56 Å². The molecule has 0 N–H and O–H groups in total. The number of esters is 1. The van der Waals surface area contributed by atoms with E-state index in [4.69, 9.17) is 4.74 Å². The maximum absolute atomic E-state index is 13.0. The van der Waals surface area contributed by atoms with E-state index in [-0.39, 0.29) is 23.4 Å². The zero-order valence-corrected chi connectivity index (χ0v) is 13.4. The van der Waals surface area contributed by atoms with Crippen molar-refractivity contribution in [1.82, 2.24) is 14.0 Å². The van der Waals surface area contributed by atoms with Crippen LogP contribution in [0.25, 0.3) is 16.6 Å². The quantitative estimate of drug-likeness (QED) is 0.694. The number of imidazole rings is 1. The molecule has 0 spiro atoms. The number of ether oxygens (including phenoxy) is 1. The molecule has 0 aliphatic rings. The molecular weight excluding hydrogens is 294 g/mol. The lowest BCUT2D eigenvalue weighted by molar-refractivity contribution is 0.0522. The van der Waals surface area contributed by atoms with Crippen LogP contribution in [0.2, 0.25) is 0 Å². The van der Waals surface area contributed by atoms with E-state index in [0.717, 1.165) is 11.0 Å². The van der Waals surface area contributed by atoms with Crippen LogP contribution in [0.15, 0.2) is 35.4 Å². The molecule has 2 heterocycles. The summed E-state index contributed by atoms with van der Waals surface area (Å²) in [6.45, 7) is 6.64. The fourth-order valence-electron chi connectivity index (χ4n) is 2.76. The maximum Gasteiger partial charge on any atom is 0.359 e. The van der Waals surface area contributed by atoms with Crippen LogP contribution in [0.4, 0.5) is 0 Å². The van der Waals surface area contributed by atoms with Gasteiger partial charge in [0.1, 0.15) is 11.8 Å². The van der Waals surface area contributed by atoms with Gasteiger partial charge in [-0.05, 0) is 25.0 Å². The van der Waals surface area contributed by atoms with E-state index >= 15 is 0 Å². The minimum atomic E-state index is -0.571. The van der Waals surface area contributed by atoms with Gasteiger partial charge in [0.15, 0.2) is 5.69 Å². The molecule has 0 aliphatic heterocycles. The maximum atomic E-state index is 13.0. The van der Waals surface area contributed by atoms with Crippen LogP contribution in [0, 0.1) is 5.92 Å². The van der Waals surface area contributed by atoms with Gasteiger partial charge in [-0.25, -0.2) is 9.78 Å². The highest BCUT2D eigenvalue weighted by Gasteiger charge is 2.21. The molecule has 2 aromatic heterocycles. The third-order valence-corrected chi connectivity index (χ3v) is 3.66. The average Bonchev–Trinajstić information content (AvgIpc) is 2.97. The number of benzene rings is 1. The number of carbonyl (C=O) groups excluding carboxylic acids is 1. The molecule has 0 unspecified atom stereocenters. The Morgan fingerprint density at radius 3 is 2.61 bits per heavy atom. The lowest BCUT2D eigenvalue weighted by atomic mass is 10.2. The minimum Gasteiger partial charge on any atom is -0.461 e. The Kier molecular flexibility index (Phi) is 3.90. The molecule has 0 saturated heterocycles. The van der Waals surface area contributed by atoms with Gasteiger partial charge in [-0.2, -0.15) is 0 Å². The van der Waals surface area contributed by atoms with Crippen molar-refractivity contribution in [1.29, 1.82) is 0 Å². The molecule has 0 fully saturated rings. The van der Waals surface area contributed by atoms with E-state index < -0.39 is 5.97 Å². The second-order valence-electron chi connectivity index (χ2n) is 5.83. The average molecular weight is 313 g/mol. The van der Waals surface area contributed by atoms with Crippen LogP contribution in [0.1, 0.15) is 31.3 Å². The molecule has 6 heteroatoms. The number of carbonyl (C=O) groups is 1. The van der Waals surface area contributed by atoms with Gasteiger partial charge >= 0.3 is 5.97 Å². The number of rotatable bonds is 4. The van der Waals surface area contributed by atoms with E-state index in [1.165, 1.54) is 6.33 Å². The summed E-state index contributed by atoms with van der Waals surface area (Å²) in [6, 6.07) is 7.61. The van der Waals surface area contributed by atoms with Crippen molar-refractivity contribution in [2.45, 2.75) is 27.3 Å². The number of hydrogen-bond acceptors (Lipinski definition) is 4. The van der Waals surface area contributed by atoms with Crippen molar-refractivity contribution in [3.05, 3.63) is 46.6 Å². The summed E-state index contributed by atoms with van der Waals surface area (Å²) in [5, 5.41) is 0. The van der Waals surface area contributed by atoms with Gasteiger partial charge in [-0.15, -0.1) is 0 Å². The predicted molar refractivity (Wildman–Crippen MR) is 87.8 cm³/mol. The molecule has 0 radical (unpaired) electrons. The summed E-state index contributed by atoms with van der Waals surface area (Å²) in [4.78, 5) is 29.2. The van der Waals surface area contributed by atoms with Crippen molar-refractivity contribution in [2.75, 3.05) is 6.61 Å². The Labute approximate surface area is 133 Å². The molecule has 0 amide bonds. The fourth-order valence-corrected chi connectivity index (χ4v) is 2.76. The largest absolute Gasteiger partial charge is 0.461 e. The molecule has 1 aromatic carbocycles.